The third kappa shape index (κ3) is 4.52. The highest BCUT2D eigenvalue weighted by atomic mass is 35.5. The van der Waals surface area contributed by atoms with Gasteiger partial charge in [-0.3, -0.25) is 0 Å². The van der Waals surface area contributed by atoms with Crippen molar-refractivity contribution in [3.8, 4) is 22.4 Å². The Morgan fingerprint density at radius 3 is 2.62 bits per heavy atom. The largest absolute Gasteiger partial charge is 0.467 e. The number of nitrogens with zero attached hydrogens (tertiary/aromatic N) is 3. The lowest BCUT2D eigenvalue weighted by Crippen LogP contribution is -2.13. The maximum atomic E-state index is 11.5. The van der Waals surface area contributed by atoms with Gasteiger partial charge in [0.2, 0.25) is 0 Å². The van der Waals surface area contributed by atoms with Crippen LogP contribution in [0.5, 0.6) is 0 Å². The van der Waals surface area contributed by atoms with Crippen molar-refractivity contribution in [3.05, 3.63) is 77.2 Å². The van der Waals surface area contributed by atoms with E-state index in [1.807, 2.05) is 47.0 Å². The topological polar surface area (TPSA) is 65.7 Å². The fraction of sp³-hybridized carbons (Fsp3) is 0.240. The maximum Gasteiger partial charge on any atom is 0.331 e. The molecular formula is C25H24ClN3O3. The summed E-state index contributed by atoms with van der Waals surface area (Å²) in [5.41, 5.74) is 7.00. The highest BCUT2D eigenvalue weighted by Crippen LogP contribution is 2.36. The number of benzene rings is 1. The van der Waals surface area contributed by atoms with Crippen molar-refractivity contribution >= 4 is 23.1 Å². The van der Waals surface area contributed by atoms with Crippen molar-refractivity contribution in [1.29, 1.82) is 0 Å². The molecule has 0 saturated heterocycles. The molecule has 0 aliphatic rings. The Morgan fingerprint density at radius 2 is 1.91 bits per heavy atom. The van der Waals surface area contributed by atoms with Crippen LogP contribution < -0.4 is 0 Å². The first kappa shape index (κ1) is 22.0. The minimum absolute atomic E-state index is 0.0889. The molecule has 4 rings (SSSR count). The van der Waals surface area contributed by atoms with E-state index in [4.69, 9.17) is 21.4 Å². The van der Waals surface area contributed by atoms with Gasteiger partial charge in [0.25, 0.3) is 0 Å². The SMILES string of the molecule is CCc1ccc2c(-c3ccnc(Cl)c3)c(CCOCC(=O)OC)c(-c3ccccc3)nn12. The summed E-state index contributed by atoms with van der Waals surface area (Å²) in [6, 6.07) is 18.1. The van der Waals surface area contributed by atoms with Crippen molar-refractivity contribution in [1.82, 2.24) is 14.6 Å². The summed E-state index contributed by atoms with van der Waals surface area (Å²) in [7, 11) is 1.35. The summed E-state index contributed by atoms with van der Waals surface area (Å²) in [4.78, 5) is 15.6. The smallest absolute Gasteiger partial charge is 0.331 e. The van der Waals surface area contributed by atoms with Gasteiger partial charge in [0.15, 0.2) is 0 Å². The number of hydrogen-bond donors (Lipinski definition) is 0. The monoisotopic (exact) mass is 449 g/mol. The highest BCUT2D eigenvalue weighted by molar-refractivity contribution is 6.29. The number of hydrogen-bond acceptors (Lipinski definition) is 5. The van der Waals surface area contributed by atoms with Gasteiger partial charge in [-0.1, -0.05) is 48.9 Å². The zero-order valence-corrected chi connectivity index (χ0v) is 18.8. The second kappa shape index (κ2) is 9.94. The van der Waals surface area contributed by atoms with Crippen molar-refractivity contribution in [2.45, 2.75) is 19.8 Å². The van der Waals surface area contributed by atoms with Crippen LogP contribution in [0.2, 0.25) is 5.15 Å². The van der Waals surface area contributed by atoms with E-state index in [9.17, 15) is 4.79 Å². The van der Waals surface area contributed by atoms with Gasteiger partial charge >= 0.3 is 5.97 Å². The number of esters is 1. The predicted octanol–water partition coefficient (Wildman–Crippen LogP) is 5.01. The van der Waals surface area contributed by atoms with Gasteiger partial charge in [-0.2, -0.15) is 5.10 Å². The molecule has 0 unspecified atom stereocenters. The van der Waals surface area contributed by atoms with Gasteiger partial charge in [0.1, 0.15) is 11.8 Å². The molecule has 0 atom stereocenters. The first-order valence-electron chi connectivity index (χ1n) is 10.5. The van der Waals surface area contributed by atoms with E-state index >= 15 is 0 Å². The molecule has 0 amide bonds. The number of fused-ring (bicyclic) bond motifs is 1. The number of carbonyl (C=O) groups excluding carboxylic acids is 1. The van der Waals surface area contributed by atoms with E-state index in [1.165, 1.54) is 7.11 Å². The molecule has 6 nitrogen and oxygen atoms in total. The van der Waals surface area contributed by atoms with Crippen LogP contribution in [0, 0.1) is 0 Å². The normalized spacial score (nSPS) is 11.1. The van der Waals surface area contributed by atoms with Crippen LogP contribution in [-0.4, -0.2) is 40.9 Å². The van der Waals surface area contributed by atoms with E-state index in [0.717, 1.165) is 45.6 Å². The van der Waals surface area contributed by atoms with Crippen LogP contribution in [0.3, 0.4) is 0 Å². The number of methoxy groups -OCH3 is 1. The van der Waals surface area contributed by atoms with Crippen molar-refractivity contribution in [3.63, 3.8) is 0 Å². The zero-order chi connectivity index (χ0) is 22.5. The summed E-state index contributed by atoms with van der Waals surface area (Å²) >= 11 is 6.26. The van der Waals surface area contributed by atoms with Crippen LogP contribution in [0.15, 0.2) is 60.8 Å². The van der Waals surface area contributed by atoms with Crippen LogP contribution in [0.1, 0.15) is 18.2 Å². The Balaban J connectivity index is 1.91. The molecule has 0 spiro atoms. The molecule has 0 bridgehead atoms. The second-order valence-electron chi connectivity index (χ2n) is 7.29. The Labute approximate surface area is 191 Å². The second-order valence-corrected chi connectivity index (χ2v) is 7.68. The predicted molar refractivity (Wildman–Crippen MR) is 125 cm³/mol. The lowest BCUT2D eigenvalue weighted by Gasteiger charge is -2.18. The molecule has 0 N–H and O–H groups in total. The Morgan fingerprint density at radius 1 is 1.09 bits per heavy atom. The number of aryl methyl sites for hydroxylation is 1. The molecule has 3 aromatic heterocycles. The summed E-state index contributed by atoms with van der Waals surface area (Å²) in [6.45, 7) is 2.37. The summed E-state index contributed by atoms with van der Waals surface area (Å²) < 4.78 is 12.3. The molecular weight excluding hydrogens is 426 g/mol. The van der Waals surface area contributed by atoms with E-state index in [0.29, 0.717) is 18.2 Å². The van der Waals surface area contributed by atoms with Gasteiger partial charge in [0, 0.05) is 23.0 Å². The Bertz CT molecular complexity index is 1240. The molecule has 0 saturated carbocycles. The molecule has 1 aromatic carbocycles. The van der Waals surface area contributed by atoms with E-state index in [-0.39, 0.29) is 6.61 Å². The molecule has 0 radical (unpaired) electrons. The average Bonchev–Trinajstić information content (AvgIpc) is 3.24. The molecule has 0 aliphatic carbocycles. The third-order valence-corrected chi connectivity index (χ3v) is 5.55. The zero-order valence-electron chi connectivity index (χ0n) is 18.0. The standard InChI is InChI=1S/C25H24ClN3O3/c1-3-19-9-10-21-24(18-11-13-27-22(26)15-18)20(12-14-32-16-23(30)31-2)25(28-29(19)21)17-7-5-4-6-8-17/h4-11,13,15H,3,12,14,16H2,1-2H3. The first-order valence-corrected chi connectivity index (χ1v) is 10.9. The average molecular weight is 450 g/mol. The summed E-state index contributed by atoms with van der Waals surface area (Å²) in [5, 5.41) is 5.46. The minimum atomic E-state index is -0.401. The van der Waals surface area contributed by atoms with Crippen LogP contribution in [-0.2, 0) is 27.1 Å². The van der Waals surface area contributed by atoms with Crippen LogP contribution in [0.4, 0.5) is 0 Å². The van der Waals surface area contributed by atoms with Crippen LogP contribution >= 0.6 is 11.6 Å². The lowest BCUT2D eigenvalue weighted by atomic mass is 9.94. The Hall–Kier alpha value is -3.22. The number of halogens is 1. The molecule has 164 valence electrons. The molecule has 0 fully saturated rings. The summed E-state index contributed by atoms with van der Waals surface area (Å²) in [5.74, 6) is -0.401. The quantitative estimate of drug-likeness (QED) is 0.215. The molecule has 3 heterocycles. The fourth-order valence-corrected chi connectivity index (χ4v) is 3.99. The molecule has 7 heteroatoms. The molecule has 32 heavy (non-hydrogen) atoms. The maximum absolute atomic E-state index is 11.5. The van der Waals surface area contributed by atoms with Gasteiger partial charge in [-0.05, 0) is 48.2 Å². The Kier molecular flexibility index (Phi) is 6.83. The number of ether oxygens (including phenoxy) is 2. The fourth-order valence-electron chi connectivity index (χ4n) is 3.82. The van der Waals surface area contributed by atoms with Crippen molar-refractivity contribution in [2.75, 3.05) is 20.3 Å². The third-order valence-electron chi connectivity index (χ3n) is 5.35. The van der Waals surface area contributed by atoms with Crippen molar-refractivity contribution < 1.29 is 14.3 Å². The number of pyridine rings is 1. The number of carbonyl (C=O) groups is 1. The summed E-state index contributed by atoms with van der Waals surface area (Å²) in [6.07, 6.45) is 3.12. The minimum Gasteiger partial charge on any atom is -0.467 e. The van der Waals surface area contributed by atoms with Crippen molar-refractivity contribution in [2.24, 2.45) is 0 Å². The van der Waals surface area contributed by atoms with Crippen LogP contribution in [0.25, 0.3) is 27.9 Å². The van der Waals surface area contributed by atoms with E-state index in [2.05, 4.69) is 28.8 Å². The highest BCUT2D eigenvalue weighted by Gasteiger charge is 2.20. The van der Waals surface area contributed by atoms with E-state index in [1.54, 1.807) is 6.20 Å². The first-order chi connectivity index (χ1) is 15.6. The lowest BCUT2D eigenvalue weighted by molar-refractivity contribution is -0.145. The van der Waals surface area contributed by atoms with E-state index < -0.39 is 5.97 Å². The number of aromatic nitrogens is 3. The van der Waals surface area contributed by atoms with Gasteiger partial charge in [0.05, 0.1) is 24.9 Å². The molecule has 0 aliphatic heterocycles. The van der Waals surface area contributed by atoms with Gasteiger partial charge in [-0.25, -0.2) is 14.3 Å². The number of rotatable bonds is 8. The van der Waals surface area contributed by atoms with Gasteiger partial charge in [-0.15, -0.1) is 0 Å². The van der Waals surface area contributed by atoms with Gasteiger partial charge < -0.3 is 9.47 Å². The molecule has 4 aromatic rings.